The Kier molecular flexibility index (Phi) is 4.61. The van der Waals surface area contributed by atoms with E-state index in [-0.39, 0.29) is 28.0 Å². The molecule has 1 atom stereocenters. The molecular formula is C21H22FN5O2. The number of fused-ring (bicyclic) bond motifs is 2. The number of likely N-dealkylation sites (tertiary alicyclic amines) is 1. The number of aromatic nitrogens is 2. The van der Waals surface area contributed by atoms with Crippen LogP contribution in [0, 0.1) is 17.1 Å². The second-order valence-electron chi connectivity index (χ2n) is 8.06. The van der Waals surface area contributed by atoms with Crippen LogP contribution >= 0.6 is 0 Å². The van der Waals surface area contributed by atoms with E-state index in [1.807, 2.05) is 20.2 Å². The fourth-order valence-electron chi connectivity index (χ4n) is 4.51. The van der Waals surface area contributed by atoms with Crippen molar-refractivity contribution in [2.45, 2.75) is 31.1 Å². The number of rotatable bonds is 2. The summed E-state index contributed by atoms with van der Waals surface area (Å²) in [5.41, 5.74) is 1.28. The van der Waals surface area contributed by atoms with E-state index in [1.54, 1.807) is 9.80 Å². The number of benzene rings is 1. The van der Waals surface area contributed by atoms with E-state index >= 15 is 0 Å². The first kappa shape index (κ1) is 19.1. The molecule has 1 aliphatic carbocycles. The van der Waals surface area contributed by atoms with Crippen LogP contribution < -0.4 is 10.5 Å². The number of hydrogen-bond donors (Lipinski definition) is 1. The third kappa shape index (κ3) is 3.27. The van der Waals surface area contributed by atoms with Gasteiger partial charge >= 0.3 is 0 Å². The zero-order valence-corrected chi connectivity index (χ0v) is 16.5. The van der Waals surface area contributed by atoms with Crippen LogP contribution in [0.1, 0.15) is 46.4 Å². The lowest BCUT2D eigenvalue weighted by molar-refractivity contribution is 0.0633. The van der Waals surface area contributed by atoms with Crippen molar-refractivity contribution in [1.82, 2.24) is 14.9 Å². The third-order valence-electron chi connectivity index (χ3n) is 5.92. The Morgan fingerprint density at radius 1 is 1.34 bits per heavy atom. The fourth-order valence-corrected chi connectivity index (χ4v) is 4.51. The van der Waals surface area contributed by atoms with E-state index in [4.69, 9.17) is 10.2 Å². The molecule has 2 aliphatic rings. The number of halogens is 1. The topological polar surface area (TPSA) is 93.1 Å². The maximum atomic E-state index is 13.8. The number of carbonyl (C=O) groups is 1. The molecule has 7 nitrogen and oxygen atoms in total. The van der Waals surface area contributed by atoms with Crippen molar-refractivity contribution in [2.24, 2.45) is 0 Å². The minimum atomic E-state index is -0.603. The highest BCUT2D eigenvalue weighted by atomic mass is 19.1. The highest BCUT2D eigenvalue weighted by Gasteiger charge is 2.45. The van der Waals surface area contributed by atoms with Crippen molar-refractivity contribution in [1.29, 1.82) is 5.26 Å². The molecule has 1 aromatic carbocycles. The average molecular weight is 395 g/mol. The van der Waals surface area contributed by atoms with Crippen LogP contribution in [0.25, 0.3) is 0 Å². The standard InChI is InChI=1S/C21H22FN5O2/c1-26(2)20-24-17-16(18(28)25-20)4-6-21(17)5-3-7-27(12-21)19(29)14-8-13(11-23)9-15(22)10-14/h8-10H,3-7,12H2,1-2H3,(H,24,25,28). The summed E-state index contributed by atoms with van der Waals surface area (Å²) in [5.74, 6) is -0.400. The van der Waals surface area contributed by atoms with Crippen LogP contribution in [-0.4, -0.2) is 48.0 Å². The van der Waals surface area contributed by atoms with Crippen molar-refractivity contribution >= 4 is 11.9 Å². The monoisotopic (exact) mass is 395 g/mol. The maximum Gasteiger partial charge on any atom is 0.255 e. The first-order valence-corrected chi connectivity index (χ1v) is 9.64. The molecule has 4 rings (SSSR count). The lowest BCUT2D eigenvalue weighted by Crippen LogP contribution is -2.48. The van der Waals surface area contributed by atoms with Crippen molar-refractivity contribution in [3.63, 3.8) is 0 Å². The molecule has 1 fully saturated rings. The molecule has 29 heavy (non-hydrogen) atoms. The molecule has 0 radical (unpaired) electrons. The van der Waals surface area contributed by atoms with Gasteiger partial charge in [-0.05, 0) is 43.9 Å². The highest BCUT2D eigenvalue weighted by Crippen LogP contribution is 2.43. The molecule has 2 heterocycles. The third-order valence-corrected chi connectivity index (χ3v) is 5.92. The van der Waals surface area contributed by atoms with Gasteiger partial charge in [-0.3, -0.25) is 14.6 Å². The summed E-state index contributed by atoms with van der Waals surface area (Å²) >= 11 is 0. The van der Waals surface area contributed by atoms with Gasteiger partial charge in [0.25, 0.3) is 11.5 Å². The van der Waals surface area contributed by atoms with Gasteiger partial charge < -0.3 is 9.80 Å². The Morgan fingerprint density at radius 3 is 2.86 bits per heavy atom. The molecule has 2 aromatic rings. The summed E-state index contributed by atoms with van der Waals surface area (Å²) in [4.78, 5) is 36.6. The molecule has 1 aromatic heterocycles. The fraction of sp³-hybridized carbons (Fsp3) is 0.429. The first-order chi connectivity index (χ1) is 13.8. The van der Waals surface area contributed by atoms with Crippen LogP contribution in [0.3, 0.4) is 0 Å². The number of aromatic amines is 1. The zero-order chi connectivity index (χ0) is 20.8. The molecule has 0 bridgehead atoms. The van der Waals surface area contributed by atoms with Gasteiger partial charge in [-0.15, -0.1) is 0 Å². The Morgan fingerprint density at radius 2 is 2.14 bits per heavy atom. The van der Waals surface area contributed by atoms with Crippen molar-refractivity contribution < 1.29 is 9.18 Å². The zero-order valence-electron chi connectivity index (χ0n) is 16.5. The predicted octanol–water partition coefficient (Wildman–Crippen LogP) is 1.97. The van der Waals surface area contributed by atoms with Gasteiger partial charge in [0.15, 0.2) is 0 Å². The summed E-state index contributed by atoms with van der Waals surface area (Å²) in [6.45, 7) is 0.985. The van der Waals surface area contributed by atoms with Crippen LogP contribution in [0.2, 0.25) is 0 Å². The van der Waals surface area contributed by atoms with Crippen molar-refractivity contribution in [2.75, 3.05) is 32.1 Å². The number of nitriles is 1. The smallest absolute Gasteiger partial charge is 0.255 e. The van der Waals surface area contributed by atoms with Crippen molar-refractivity contribution in [3.8, 4) is 6.07 Å². The first-order valence-electron chi connectivity index (χ1n) is 9.64. The molecule has 1 amide bonds. The largest absolute Gasteiger partial charge is 0.348 e. The molecule has 1 N–H and O–H groups in total. The summed E-state index contributed by atoms with van der Waals surface area (Å²) in [5, 5.41) is 9.07. The van der Waals surface area contributed by atoms with Gasteiger partial charge in [-0.25, -0.2) is 9.37 Å². The number of anilines is 1. The van der Waals surface area contributed by atoms with Gasteiger partial charge in [0, 0.05) is 43.7 Å². The Hall–Kier alpha value is -3.21. The van der Waals surface area contributed by atoms with Gasteiger partial charge in [0.05, 0.1) is 17.3 Å². The SMILES string of the molecule is CN(C)c1nc2c(c(=O)[nH]1)CCC21CCCN(C(=O)c2cc(F)cc(C#N)c2)C1. The second-order valence-corrected chi connectivity index (χ2v) is 8.06. The highest BCUT2D eigenvalue weighted by molar-refractivity contribution is 5.94. The van der Waals surface area contributed by atoms with E-state index in [0.717, 1.165) is 31.0 Å². The Bertz CT molecular complexity index is 1090. The normalized spacial score (nSPS) is 20.4. The van der Waals surface area contributed by atoms with Gasteiger partial charge in [-0.2, -0.15) is 5.26 Å². The molecule has 1 spiro atoms. The summed E-state index contributed by atoms with van der Waals surface area (Å²) in [6, 6.07) is 5.58. The quantitative estimate of drug-likeness (QED) is 0.839. The predicted molar refractivity (Wildman–Crippen MR) is 105 cm³/mol. The number of nitrogens with zero attached hydrogens (tertiary/aromatic N) is 4. The van der Waals surface area contributed by atoms with E-state index in [1.165, 1.54) is 12.1 Å². The molecular weight excluding hydrogens is 373 g/mol. The van der Waals surface area contributed by atoms with Crippen molar-refractivity contribution in [3.05, 3.63) is 56.8 Å². The van der Waals surface area contributed by atoms with Crippen LogP contribution in [0.4, 0.5) is 10.3 Å². The lowest BCUT2D eigenvalue weighted by Gasteiger charge is -2.40. The molecule has 1 saturated heterocycles. The number of nitrogens with one attached hydrogen (secondary N) is 1. The average Bonchev–Trinajstić information content (AvgIpc) is 3.05. The maximum absolute atomic E-state index is 13.8. The van der Waals surface area contributed by atoms with Crippen LogP contribution in [0.5, 0.6) is 0 Å². The Labute approximate surface area is 167 Å². The molecule has 1 aliphatic heterocycles. The van der Waals surface area contributed by atoms with Gasteiger partial charge in [-0.1, -0.05) is 0 Å². The van der Waals surface area contributed by atoms with E-state index in [9.17, 15) is 14.0 Å². The van der Waals surface area contributed by atoms with E-state index < -0.39 is 5.82 Å². The Balaban J connectivity index is 1.69. The molecule has 8 heteroatoms. The summed E-state index contributed by atoms with van der Waals surface area (Å²) in [7, 11) is 3.64. The molecule has 1 unspecified atom stereocenters. The number of H-pyrrole nitrogens is 1. The second kappa shape index (κ2) is 6.99. The van der Waals surface area contributed by atoms with Gasteiger partial charge in [0.2, 0.25) is 5.95 Å². The molecule has 0 saturated carbocycles. The summed E-state index contributed by atoms with van der Waals surface area (Å²) < 4.78 is 13.8. The van der Waals surface area contributed by atoms with Crippen LogP contribution in [0.15, 0.2) is 23.0 Å². The van der Waals surface area contributed by atoms with Gasteiger partial charge in [0.1, 0.15) is 5.82 Å². The summed E-state index contributed by atoms with van der Waals surface area (Å²) in [6.07, 6.45) is 3.01. The minimum Gasteiger partial charge on any atom is -0.348 e. The van der Waals surface area contributed by atoms with Crippen LogP contribution in [-0.2, 0) is 11.8 Å². The van der Waals surface area contributed by atoms with E-state index in [0.29, 0.717) is 31.0 Å². The number of carbonyl (C=O) groups excluding carboxylic acids is 1. The number of piperidine rings is 1. The molecule has 150 valence electrons. The number of hydrogen-bond acceptors (Lipinski definition) is 5. The number of amides is 1. The minimum absolute atomic E-state index is 0.120. The lowest BCUT2D eigenvalue weighted by atomic mass is 9.77. The van der Waals surface area contributed by atoms with E-state index in [2.05, 4.69) is 4.98 Å².